The lowest BCUT2D eigenvalue weighted by Crippen LogP contribution is -2.49. The van der Waals surface area contributed by atoms with Gasteiger partial charge in [0.25, 0.3) is 0 Å². The van der Waals surface area contributed by atoms with Crippen molar-refractivity contribution in [2.24, 2.45) is 0 Å². The molecule has 43 heavy (non-hydrogen) atoms. The zero-order chi connectivity index (χ0) is 31.4. The molecule has 3 aromatic rings. The second kappa shape index (κ2) is 12.8. The molecule has 1 aliphatic heterocycles. The molecule has 1 saturated heterocycles. The van der Waals surface area contributed by atoms with Gasteiger partial charge in [0, 0.05) is 19.5 Å². The molecule has 4 rings (SSSR count). The van der Waals surface area contributed by atoms with E-state index in [-0.39, 0.29) is 11.5 Å². The highest BCUT2D eigenvalue weighted by Gasteiger charge is 2.62. The second-order valence-corrected chi connectivity index (χ2v) is 11.4. The normalized spacial score (nSPS) is 23.5. The molecule has 16 nitrogen and oxygen atoms in total. The summed E-state index contributed by atoms with van der Waals surface area (Å²) in [4.78, 5) is 40.5. The van der Waals surface area contributed by atoms with Crippen LogP contribution in [0.1, 0.15) is 32.6 Å². The summed E-state index contributed by atoms with van der Waals surface area (Å²) in [7, 11) is -3.07. The number of nitrogens with two attached hydrogens (primary N) is 1. The Morgan fingerprint density at radius 3 is 2.51 bits per heavy atom. The van der Waals surface area contributed by atoms with E-state index in [9.17, 15) is 24.2 Å². The molecule has 6 atom stereocenters. The zero-order valence-corrected chi connectivity index (χ0v) is 24.5. The highest BCUT2D eigenvalue weighted by molar-refractivity contribution is 7.58. The van der Waals surface area contributed by atoms with E-state index in [0.29, 0.717) is 11.2 Å². The van der Waals surface area contributed by atoms with Crippen molar-refractivity contribution in [3.63, 3.8) is 0 Å². The minimum Gasteiger partial charge on any atom is -0.468 e. The third kappa shape index (κ3) is 6.76. The van der Waals surface area contributed by atoms with Gasteiger partial charge in [0.05, 0.1) is 12.8 Å². The summed E-state index contributed by atoms with van der Waals surface area (Å²) in [6.45, 7) is 2.86. The standard InChI is InChI=1S/C26H30N7O9P/c1-15(25(36)38-4)31-43(37,32-18-8-6-5-7-9-18)39-13-26(12-27)23(41-17(3)35)22(40-16(2)34)21(42-26)19-10-11-20-24(28)29-14-30-33(19)20/h5-11,14-15,21-23H,13H2,1-4H3,(H2,28,29,30)(H2,31,32,37)/t15-,21-,22-,23-,26+,43?/m0/s1. The molecule has 1 unspecified atom stereocenters. The number of fused-ring (bicyclic) bond motifs is 1. The number of rotatable bonds is 11. The molecule has 0 radical (unpaired) electrons. The second-order valence-electron chi connectivity index (χ2n) is 9.52. The van der Waals surface area contributed by atoms with E-state index in [4.69, 9.17) is 29.2 Å². The van der Waals surface area contributed by atoms with Crippen molar-refractivity contribution < 1.29 is 42.4 Å². The summed E-state index contributed by atoms with van der Waals surface area (Å²) in [5.41, 5.74) is 4.83. The Kier molecular flexibility index (Phi) is 9.31. The monoisotopic (exact) mass is 615 g/mol. The van der Waals surface area contributed by atoms with E-state index in [1.165, 1.54) is 17.8 Å². The van der Waals surface area contributed by atoms with Crippen molar-refractivity contribution in [1.82, 2.24) is 19.7 Å². The average Bonchev–Trinajstić information content (AvgIpc) is 3.52. The average molecular weight is 616 g/mol. The molecule has 0 saturated carbocycles. The number of nitrogens with one attached hydrogen (secondary N) is 2. The first-order valence-electron chi connectivity index (χ1n) is 12.9. The van der Waals surface area contributed by atoms with Gasteiger partial charge in [-0.2, -0.15) is 10.4 Å². The number of aromatic nitrogens is 3. The Morgan fingerprint density at radius 2 is 1.88 bits per heavy atom. The molecule has 1 fully saturated rings. The third-order valence-electron chi connectivity index (χ3n) is 6.41. The van der Waals surface area contributed by atoms with Crippen molar-refractivity contribution in [2.75, 3.05) is 24.5 Å². The quantitative estimate of drug-likeness (QED) is 0.159. The van der Waals surface area contributed by atoms with Gasteiger partial charge in [-0.05, 0) is 31.2 Å². The van der Waals surface area contributed by atoms with Gasteiger partial charge in [-0.15, -0.1) is 0 Å². The Labute approximate surface area is 245 Å². The third-order valence-corrected chi connectivity index (χ3v) is 8.18. The number of benzene rings is 1. The van der Waals surface area contributed by atoms with Crippen LogP contribution in [0.5, 0.6) is 0 Å². The number of methoxy groups -OCH3 is 1. The van der Waals surface area contributed by atoms with Gasteiger partial charge in [0.2, 0.25) is 5.60 Å². The molecule has 0 spiro atoms. The van der Waals surface area contributed by atoms with Gasteiger partial charge in [0.15, 0.2) is 18.0 Å². The van der Waals surface area contributed by atoms with Crippen LogP contribution in [0.2, 0.25) is 0 Å². The van der Waals surface area contributed by atoms with Crippen LogP contribution in [0.25, 0.3) is 5.52 Å². The number of anilines is 2. The van der Waals surface area contributed by atoms with Crippen LogP contribution in [0.4, 0.5) is 11.5 Å². The van der Waals surface area contributed by atoms with Gasteiger partial charge in [-0.3, -0.25) is 18.9 Å². The smallest absolute Gasteiger partial charge is 0.366 e. The highest BCUT2D eigenvalue weighted by atomic mass is 31.2. The number of nitrogens with zero attached hydrogens (tertiary/aromatic N) is 4. The Morgan fingerprint density at radius 1 is 1.19 bits per heavy atom. The van der Waals surface area contributed by atoms with Gasteiger partial charge < -0.3 is 29.8 Å². The molecule has 0 aliphatic carbocycles. The number of carbonyl (C=O) groups is 3. The number of esters is 3. The SMILES string of the molecule is COC(=O)[C@H](C)NP(=O)(Nc1ccccc1)OC[C@@]1(C#N)O[C@@H](c2ccc3c(N)ncnn23)[C@H](OC(C)=O)[C@@H]1OC(C)=O. The fourth-order valence-electron chi connectivity index (χ4n) is 4.55. The number of hydrogen-bond acceptors (Lipinski definition) is 13. The van der Waals surface area contributed by atoms with Crippen molar-refractivity contribution in [3.8, 4) is 6.07 Å². The fraction of sp³-hybridized carbons (Fsp3) is 0.385. The van der Waals surface area contributed by atoms with Gasteiger partial charge in [-0.25, -0.2) is 19.2 Å². The summed E-state index contributed by atoms with van der Waals surface area (Å²) < 4.78 is 43.3. The van der Waals surface area contributed by atoms with E-state index in [1.807, 2.05) is 6.07 Å². The van der Waals surface area contributed by atoms with Crippen LogP contribution in [0, 0.1) is 11.3 Å². The number of nitrogen functional groups attached to an aromatic ring is 1. The molecule has 4 N–H and O–H groups in total. The lowest BCUT2D eigenvalue weighted by atomic mass is 9.95. The lowest BCUT2D eigenvalue weighted by Gasteiger charge is -2.30. The van der Waals surface area contributed by atoms with E-state index in [0.717, 1.165) is 21.0 Å². The number of hydrogen-bond donors (Lipinski definition) is 3. The van der Waals surface area contributed by atoms with Crippen LogP contribution in [-0.4, -0.2) is 70.1 Å². The van der Waals surface area contributed by atoms with Crippen molar-refractivity contribution in [1.29, 1.82) is 5.26 Å². The molecule has 228 valence electrons. The molecule has 0 amide bonds. The largest absolute Gasteiger partial charge is 0.468 e. The Hall–Kier alpha value is -4.55. The summed E-state index contributed by atoms with van der Waals surface area (Å²) in [5.74, 6) is -2.17. The van der Waals surface area contributed by atoms with Crippen LogP contribution >= 0.6 is 7.67 Å². The van der Waals surface area contributed by atoms with Gasteiger partial charge in [0.1, 0.15) is 36.7 Å². The molecule has 1 aromatic carbocycles. The maximum atomic E-state index is 14.1. The molecule has 2 aromatic heterocycles. The highest BCUT2D eigenvalue weighted by Crippen LogP contribution is 2.49. The summed E-state index contributed by atoms with van der Waals surface area (Å²) in [6.07, 6.45) is -2.97. The van der Waals surface area contributed by atoms with Gasteiger partial charge in [-0.1, -0.05) is 18.2 Å². The maximum absolute atomic E-state index is 14.1. The van der Waals surface area contributed by atoms with Crippen LogP contribution < -0.4 is 15.9 Å². The molecular weight excluding hydrogens is 585 g/mol. The Bertz CT molecular complexity index is 1590. The van der Waals surface area contributed by atoms with Gasteiger partial charge >= 0.3 is 25.6 Å². The topological polar surface area (TPSA) is 218 Å². The van der Waals surface area contributed by atoms with Crippen LogP contribution in [-0.2, 0) is 42.4 Å². The predicted molar refractivity (Wildman–Crippen MR) is 149 cm³/mol. The molecule has 1 aliphatic rings. The maximum Gasteiger partial charge on any atom is 0.366 e. The summed E-state index contributed by atoms with van der Waals surface area (Å²) in [5, 5.41) is 20.0. The minimum absolute atomic E-state index is 0.147. The van der Waals surface area contributed by atoms with E-state index >= 15 is 0 Å². The van der Waals surface area contributed by atoms with Crippen LogP contribution in [0.15, 0.2) is 48.8 Å². The predicted octanol–water partition coefficient (Wildman–Crippen LogP) is 1.90. The van der Waals surface area contributed by atoms with Crippen molar-refractivity contribution in [2.45, 2.75) is 50.7 Å². The minimum atomic E-state index is -4.23. The first-order valence-corrected chi connectivity index (χ1v) is 14.5. The molecule has 17 heteroatoms. The summed E-state index contributed by atoms with van der Waals surface area (Å²) >= 11 is 0. The Balaban J connectivity index is 1.75. The van der Waals surface area contributed by atoms with Crippen molar-refractivity contribution >= 4 is 42.6 Å². The fourth-order valence-corrected chi connectivity index (χ4v) is 6.23. The zero-order valence-electron chi connectivity index (χ0n) is 23.6. The van der Waals surface area contributed by atoms with E-state index in [1.54, 1.807) is 42.5 Å². The van der Waals surface area contributed by atoms with Crippen LogP contribution in [0.3, 0.4) is 0 Å². The van der Waals surface area contributed by atoms with E-state index < -0.39 is 62.1 Å². The number of nitriles is 1. The first kappa shape index (κ1) is 31.4. The number of para-hydroxylation sites is 1. The number of carbonyl (C=O) groups excluding carboxylic acids is 3. The molecular formula is C26H30N7O9P. The lowest BCUT2D eigenvalue weighted by molar-refractivity contribution is -0.166. The molecule has 3 heterocycles. The van der Waals surface area contributed by atoms with Crippen molar-refractivity contribution in [3.05, 3.63) is 54.5 Å². The first-order chi connectivity index (χ1) is 20.4. The molecule has 0 bridgehead atoms. The number of ether oxygens (including phenoxy) is 4. The van der Waals surface area contributed by atoms with E-state index in [2.05, 4.69) is 20.3 Å². The summed E-state index contributed by atoms with van der Waals surface area (Å²) in [6, 6.07) is 12.3.